The summed E-state index contributed by atoms with van der Waals surface area (Å²) in [5.74, 6) is 8.07. The zero-order valence-electron chi connectivity index (χ0n) is 32.4. The minimum Gasteiger partial charge on any atom is -0.341 e. The average molecular weight is 766 g/mol. The van der Waals surface area contributed by atoms with E-state index in [-0.39, 0.29) is 11.4 Å². The molecule has 0 saturated heterocycles. The van der Waals surface area contributed by atoms with E-state index in [9.17, 15) is 14.4 Å². The van der Waals surface area contributed by atoms with Gasteiger partial charge in [0.25, 0.3) is 0 Å². The minimum atomic E-state index is -0.428. The summed E-state index contributed by atoms with van der Waals surface area (Å²) < 4.78 is 5.12. The Bertz CT molecular complexity index is 2150. The summed E-state index contributed by atoms with van der Waals surface area (Å²) in [7, 11) is 9.08. The molecule has 0 unspecified atom stereocenters. The standard InChI is InChI=1S/C6H7N.C5H8N2.C4H7N3O.C4H6N2.C3H6N4.C3H5N3O.C3H5N3.C2H4N4O/c1-6-4-2-3-5-7-6;1-5-6-3-4-7(5)2;1-3-5-4(8)7(2)6-3;1-6-3-2-5-4-6;1-3-4-6-7(2)5-3;1-2-4-3(7)6-5-2;1-6-4-2-3-5-6;3-6-1-4-2(7)5-6/h2-5H,1H3;3-4H,1-2H3;1-2H3,(H,5,6,8);2-4H,1H3;1-2H3;1H3,(H2,4,5,6,7);2-3H,1H3;1H,3H2,(H,5,7)/p+1. The molecule has 0 atom stereocenters. The molecule has 25 heteroatoms. The van der Waals surface area contributed by atoms with E-state index >= 15 is 0 Å². The molecule has 0 bridgehead atoms. The molecule has 8 rings (SSSR count). The summed E-state index contributed by atoms with van der Waals surface area (Å²) in [5.41, 5.74) is 0.227. The van der Waals surface area contributed by atoms with E-state index in [1.807, 2.05) is 74.6 Å². The summed E-state index contributed by atoms with van der Waals surface area (Å²) in [6, 6.07) is 5.86. The van der Waals surface area contributed by atoms with Gasteiger partial charge in [-0.3, -0.25) is 15.0 Å². The lowest BCUT2D eigenvalue weighted by Gasteiger charge is -1.87. The van der Waals surface area contributed by atoms with Crippen LogP contribution in [0, 0.1) is 34.6 Å². The smallest absolute Gasteiger partial charge is 0.341 e. The fourth-order valence-corrected chi connectivity index (χ4v) is 3.07. The van der Waals surface area contributed by atoms with E-state index in [0.717, 1.165) is 22.1 Å². The molecule has 25 nitrogen and oxygen atoms in total. The number of nitrogens with two attached hydrogens (primary N) is 1. The number of aryl methyl sites for hydroxylation is 10. The number of rotatable bonds is 0. The van der Waals surface area contributed by atoms with Crippen molar-refractivity contribution in [1.82, 2.24) is 99.3 Å². The Kier molecular flexibility index (Phi) is 21.0. The lowest BCUT2D eigenvalue weighted by molar-refractivity contribution is -0.784. The van der Waals surface area contributed by atoms with Crippen molar-refractivity contribution in [2.45, 2.75) is 34.6 Å². The molecule has 7 N–H and O–H groups in total. The highest BCUT2D eigenvalue weighted by Crippen LogP contribution is 1.87. The van der Waals surface area contributed by atoms with Crippen LogP contribution in [0.2, 0.25) is 0 Å². The van der Waals surface area contributed by atoms with Crippen molar-refractivity contribution in [3.8, 4) is 0 Å². The number of imidazole rings is 2. The molecule has 8 aromatic rings. The molecule has 0 spiro atoms. The predicted molar refractivity (Wildman–Crippen MR) is 199 cm³/mol. The van der Waals surface area contributed by atoms with E-state index in [0.29, 0.717) is 11.6 Å². The van der Waals surface area contributed by atoms with Gasteiger partial charge in [0.05, 0.1) is 23.8 Å². The van der Waals surface area contributed by atoms with E-state index < -0.39 is 5.69 Å². The Morgan fingerprint density at radius 3 is 1.64 bits per heavy atom. The molecule has 0 aromatic carbocycles. The van der Waals surface area contributed by atoms with Gasteiger partial charge in [-0.05, 0) is 50.1 Å². The average Bonchev–Trinajstić information content (AvgIpc) is 4.02. The zero-order valence-corrected chi connectivity index (χ0v) is 32.4. The third kappa shape index (κ3) is 22.8. The van der Waals surface area contributed by atoms with Crippen molar-refractivity contribution >= 4 is 0 Å². The molecular weight excluding hydrogens is 716 g/mol. The molecule has 0 aliphatic carbocycles. The highest BCUT2D eigenvalue weighted by Gasteiger charge is 1.96. The quantitative estimate of drug-likeness (QED) is 0.0749. The van der Waals surface area contributed by atoms with Gasteiger partial charge in [0, 0.05) is 71.8 Å². The predicted octanol–water partition coefficient (Wildman–Crippen LogP) is -1.60. The van der Waals surface area contributed by atoms with Crippen LogP contribution in [0.3, 0.4) is 0 Å². The van der Waals surface area contributed by atoms with Gasteiger partial charge in [-0.15, -0.1) is 0 Å². The third-order valence-corrected chi connectivity index (χ3v) is 5.72. The number of tetrazole rings is 1. The fraction of sp³-hybridized carbons (Fsp3) is 0.333. The van der Waals surface area contributed by atoms with Gasteiger partial charge in [-0.2, -0.15) is 35.0 Å². The first-order chi connectivity index (χ1) is 26.0. The summed E-state index contributed by atoms with van der Waals surface area (Å²) in [6.07, 6.45) is 15.4. The lowest BCUT2D eigenvalue weighted by Crippen LogP contribution is -2.33. The maximum absolute atomic E-state index is 10.5. The SMILES string of the molecule is Cc1ccccn1.Cc1n[nH][n+](C)n1.Cc1n[nH]c(=O)[nH]1.Cc1nccn1C.Cc1nn(C)c(=O)[nH]1.Cn1ccnc1.Cn1nccn1.Nn1cnc(=O)[nH]1. The van der Waals surface area contributed by atoms with Crippen LogP contribution in [0.25, 0.3) is 0 Å². The summed E-state index contributed by atoms with van der Waals surface area (Å²) in [6.45, 7) is 9.22. The molecular formula is C30H49N22O3+. The van der Waals surface area contributed by atoms with Crippen LogP contribution in [0.1, 0.15) is 29.0 Å². The monoisotopic (exact) mass is 765 g/mol. The molecule has 0 aliphatic heterocycles. The summed E-state index contributed by atoms with van der Waals surface area (Å²) in [5, 5.41) is 29.3. The van der Waals surface area contributed by atoms with Gasteiger partial charge in [0.15, 0.2) is 0 Å². The van der Waals surface area contributed by atoms with Crippen LogP contribution in [-0.2, 0) is 35.2 Å². The Balaban J connectivity index is 0.000000315. The Labute approximate surface area is 314 Å². The van der Waals surface area contributed by atoms with Crippen molar-refractivity contribution in [3.63, 3.8) is 0 Å². The first kappa shape index (κ1) is 45.4. The Morgan fingerprint density at radius 2 is 1.47 bits per heavy atom. The Morgan fingerprint density at radius 1 is 0.764 bits per heavy atom. The molecule has 0 saturated carbocycles. The topological polar surface area (TPSA) is 314 Å². The van der Waals surface area contributed by atoms with Gasteiger partial charge in [0.1, 0.15) is 30.8 Å². The molecule has 8 heterocycles. The second kappa shape index (κ2) is 25.4. The second-order valence-electron chi connectivity index (χ2n) is 10.7. The van der Waals surface area contributed by atoms with Crippen molar-refractivity contribution in [2.24, 2.45) is 35.2 Å². The molecule has 0 aliphatic rings. The maximum atomic E-state index is 10.5. The van der Waals surface area contributed by atoms with Crippen LogP contribution in [0.15, 0.2) is 88.6 Å². The zero-order chi connectivity index (χ0) is 41.2. The maximum Gasteiger partial charge on any atom is 0.362 e. The summed E-state index contributed by atoms with van der Waals surface area (Å²) >= 11 is 0. The number of aromatic nitrogens is 21. The minimum absolute atomic E-state index is 0.164. The molecule has 55 heavy (non-hydrogen) atoms. The van der Waals surface area contributed by atoms with Crippen molar-refractivity contribution in [1.29, 1.82) is 0 Å². The van der Waals surface area contributed by atoms with E-state index in [1.54, 1.807) is 77.1 Å². The van der Waals surface area contributed by atoms with Gasteiger partial charge in [-0.1, -0.05) is 10.9 Å². The molecule has 8 aromatic heterocycles. The number of nitrogens with one attached hydrogen (secondary N) is 5. The highest BCUT2D eigenvalue weighted by molar-refractivity contribution is 5.00. The number of pyridine rings is 1. The van der Waals surface area contributed by atoms with Crippen molar-refractivity contribution < 1.29 is 4.80 Å². The van der Waals surface area contributed by atoms with Gasteiger partial charge < -0.3 is 15.0 Å². The van der Waals surface area contributed by atoms with Gasteiger partial charge in [0.2, 0.25) is 0 Å². The lowest BCUT2D eigenvalue weighted by atomic mass is 10.4. The largest absolute Gasteiger partial charge is 0.362 e. The molecule has 296 valence electrons. The molecule has 0 radical (unpaired) electrons. The number of hydrogen-bond acceptors (Lipinski definition) is 14. The number of hydrogen-bond donors (Lipinski definition) is 6. The first-order valence-corrected chi connectivity index (χ1v) is 15.9. The van der Waals surface area contributed by atoms with Crippen LogP contribution in [0.4, 0.5) is 0 Å². The fourth-order valence-electron chi connectivity index (χ4n) is 3.07. The van der Waals surface area contributed by atoms with Crippen LogP contribution in [0.5, 0.6) is 0 Å². The number of H-pyrrole nitrogens is 5. The number of nitrogens with zero attached hydrogens (tertiary/aromatic N) is 16. The van der Waals surface area contributed by atoms with E-state index in [1.165, 1.54) is 15.8 Å². The molecule has 0 amide bonds. The van der Waals surface area contributed by atoms with Gasteiger partial charge in [-0.25, -0.2) is 39.2 Å². The second-order valence-corrected chi connectivity index (χ2v) is 10.7. The summed E-state index contributed by atoms with van der Waals surface area (Å²) in [4.78, 5) is 54.6. The Hall–Kier alpha value is -7.60. The third-order valence-electron chi connectivity index (χ3n) is 5.72. The number of aromatic amines is 5. The van der Waals surface area contributed by atoms with Crippen LogP contribution < -0.4 is 27.7 Å². The van der Waals surface area contributed by atoms with E-state index in [2.05, 4.69) is 75.9 Å². The highest BCUT2D eigenvalue weighted by atomic mass is 16.2. The van der Waals surface area contributed by atoms with Crippen LogP contribution >= 0.6 is 0 Å². The van der Waals surface area contributed by atoms with E-state index in [4.69, 9.17) is 5.84 Å². The van der Waals surface area contributed by atoms with Crippen molar-refractivity contribution in [2.75, 3.05) is 5.84 Å². The molecule has 0 fully saturated rings. The van der Waals surface area contributed by atoms with Crippen molar-refractivity contribution in [3.05, 3.63) is 135 Å². The first-order valence-electron chi connectivity index (χ1n) is 15.9. The normalized spacial score (nSPS) is 9.20. The number of nitrogen functional groups attached to an aromatic ring is 1. The van der Waals surface area contributed by atoms with Crippen LogP contribution in [-0.4, -0.2) is 99.3 Å². The van der Waals surface area contributed by atoms with Gasteiger partial charge >= 0.3 is 22.9 Å².